The Hall–Kier alpha value is -1.54. The maximum Gasteiger partial charge on any atom is 0.0756 e. The summed E-state index contributed by atoms with van der Waals surface area (Å²) in [4.78, 5) is 2.45. The van der Waals surface area contributed by atoms with E-state index in [0.29, 0.717) is 6.04 Å². The Bertz CT molecular complexity index is 739. The fourth-order valence-corrected chi connectivity index (χ4v) is 6.21. The molecule has 1 nitrogen and oxygen atoms in total. The maximum absolute atomic E-state index is 4.12. The van der Waals surface area contributed by atoms with E-state index in [0.717, 1.165) is 0 Å². The summed E-state index contributed by atoms with van der Waals surface area (Å²) in [7, 11) is 1.39. The van der Waals surface area contributed by atoms with Crippen LogP contribution in [0.4, 0.5) is 0 Å². The number of allylic oxidation sites excluding steroid dienone is 2. The molecule has 148 valence electrons. The van der Waals surface area contributed by atoms with Crippen molar-refractivity contribution in [3.63, 3.8) is 0 Å². The highest BCUT2D eigenvalue weighted by Crippen LogP contribution is 2.41. The van der Waals surface area contributed by atoms with Gasteiger partial charge in [-0.2, -0.15) is 0 Å². The standard InChI is InChI=1S/C25H39NSi/c1-9-11-12-13-14-22-20(5)25(26(6)17-24(22)27(7)8)23-16-18(3)15-19(4)21(23)10-2/h10,15-17,25,27H,2,9,11-14H2,1,3-8H3. The van der Waals surface area contributed by atoms with Gasteiger partial charge in [-0.05, 0) is 72.8 Å². The molecule has 1 aliphatic heterocycles. The van der Waals surface area contributed by atoms with Gasteiger partial charge in [0.15, 0.2) is 0 Å². The van der Waals surface area contributed by atoms with Crippen molar-refractivity contribution >= 4 is 14.9 Å². The monoisotopic (exact) mass is 381 g/mol. The smallest absolute Gasteiger partial charge is 0.0756 e. The molecule has 1 unspecified atom stereocenters. The molecule has 2 heteroatoms. The Kier molecular flexibility index (Phi) is 7.73. The van der Waals surface area contributed by atoms with Crippen molar-refractivity contribution in [3.05, 3.63) is 63.5 Å². The minimum Gasteiger partial charge on any atom is -0.370 e. The van der Waals surface area contributed by atoms with Crippen LogP contribution in [0.3, 0.4) is 0 Å². The molecule has 0 saturated carbocycles. The van der Waals surface area contributed by atoms with Crippen LogP contribution in [-0.2, 0) is 0 Å². The lowest BCUT2D eigenvalue weighted by molar-refractivity contribution is 0.366. The zero-order valence-corrected chi connectivity index (χ0v) is 19.8. The fraction of sp³-hybridized carbons (Fsp3) is 0.520. The lowest BCUT2D eigenvalue weighted by Gasteiger charge is -2.38. The van der Waals surface area contributed by atoms with Crippen LogP contribution in [0.15, 0.2) is 41.3 Å². The van der Waals surface area contributed by atoms with Crippen LogP contribution in [-0.4, -0.2) is 20.7 Å². The lowest BCUT2D eigenvalue weighted by atomic mass is 9.85. The average Bonchev–Trinajstić information content (AvgIpc) is 2.59. The highest BCUT2D eigenvalue weighted by molar-refractivity contribution is 6.65. The molecule has 1 aromatic carbocycles. The first kappa shape index (κ1) is 21.8. The molecule has 0 amide bonds. The third-order valence-corrected chi connectivity index (χ3v) is 7.69. The summed E-state index contributed by atoms with van der Waals surface area (Å²) < 4.78 is 0. The predicted octanol–water partition coefficient (Wildman–Crippen LogP) is 7.13. The van der Waals surface area contributed by atoms with Gasteiger partial charge < -0.3 is 4.90 Å². The van der Waals surface area contributed by atoms with E-state index in [-0.39, 0.29) is 0 Å². The molecular formula is C25H39NSi. The van der Waals surface area contributed by atoms with Crippen LogP contribution >= 0.6 is 0 Å². The van der Waals surface area contributed by atoms with E-state index in [2.05, 4.69) is 77.6 Å². The molecule has 0 aliphatic carbocycles. The molecule has 1 aliphatic rings. The molecule has 27 heavy (non-hydrogen) atoms. The summed E-state index contributed by atoms with van der Waals surface area (Å²) in [5.41, 5.74) is 8.60. The summed E-state index contributed by atoms with van der Waals surface area (Å²) in [6.07, 6.45) is 11.1. The largest absolute Gasteiger partial charge is 0.370 e. The van der Waals surface area contributed by atoms with Gasteiger partial charge in [0, 0.05) is 7.05 Å². The second-order valence-electron chi connectivity index (χ2n) is 8.57. The zero-order chi connectivity index (χ0) is 20.1. The van der Waals surface area contributed by atoms with Gasteiger partial charge in [-0.25, -0.2) is 0 Å². The van der Waals surface area contributed by atoms with Gasteiger partial charge in [0.25, 0.3) is 0 Å². The molecule has 0 N–H and O–H groups in total. The Labute approximate surface area is 169 Å². The molecule has 1 heterocycles. The summed E-state index contributed by atoms with van der Waals surface area (Å²) in [6, 6.07) is 4.97. The molecule has 0 spiro atoms. The van der Waals surface area contributed by atoms with Crippen molar-refractivity contribution in [1.29, 1.82) is 0 Å². The number of unbranched alkanes of at least 4 members (excludes halogenated alkanes) is 3. The van der Waals surface area contributed by atoms with Crippen LogP contribution in [0.25, 0.3) is 6.08 Å². The van der Waals surface area contributed by atoms with E-state index in [1.807, 2.05) is 6.08 Å². The summed E-state index contributed by atoms with van der Waals surface area (Å²) >= 11 is 0. The van der Waals surface area contributed by atoms with Gasteiger partial charge >= 0.3 is 0 Å². The van der Waals surface area contributed by atoms with E-state index in [1.54, 1.807) is 16.3 Å². The number of hydrogen-bond acceptors (Lipinski definition) is 1. The minimum absolute atomic E-state index is 0.328. The molecule has 0 bridgehead atoms. The number of rotatable bonds is 8. The van der Waals surface area contributed by atoms with Crippen LogP contribution in [0.5, 0.6) is 0 Å². The van der Waals surface area contributed by atoms with Gasteiger partial charge in [0.05, 0.1) is 14.8 Å². The normalized spacial score (nSPS) is 17.6. The van der Waals surface area contributed by atoms with Crippen LogP contribution < -0.4 is 0 Å². The molecule has 0 radical (unpaired) electrons. The first-order valence-corrected chi connectivity index (χ1v) is 13.6. The Balaban J connectivity index is 2.51. The highest BCUT2D eigenvalue weighted by atomic mass is 28.3. The SMILES string of the molecule is C=Cc1c(C)cc(C)cc1C1C(C)=C(CCCCCC)C([SiH](C)C)=CN1C. The number of aryl methyl sites for hydroxylation is 2. The van der Waals surface area contributed by atoms with Crippen molar-refractivity contribution in [2.45, 2.75) is 78.9 Å². The second-order valence-corrected chi connectivity index (χ2v) is 11.5. The third kappa shape index (κ3) is 4.84. The second kappa shape index (κ2) is 9.59. The Morgan fingerprint density at radius 3 is 2.41 bits per heavy atom. The van der Waals surface area contributed by atoms with Gasteiger partial charge in [-0.1, -0.05) is 69.6 Å². The average molecular weight is 382 g/mol. The highest BCUT2D eigenvalue weighted by Gasteiger charge is 2.29. The molecule has 0 fully saturated rings. The quantitative estimate of drug-likeness (QED) is 0.342. The molecular weight excluding hydrogens is 342 g/mol. The topological polar surface area (TPSA) is 3.24 Å². The molecule has 1 aromatic rings. The van der Waals surface area contributed by atoms with Crippen molar-refractivity contribution in [2.24, 2.45) is 0 Å². The van der Waals surface area contributed by atoms with E-state index >= 15 is 0 Å². The Morgan fingerprint density at radius 1 is 1.11 bits per heavy atom. The van der Waals surface area contributed by atoms with Crippen molar-refractivity contribution in [3.8, 4) is 0 Å². The number of hydrogen-bond donors (Lipinski definition) is 0. The molecule has 0 aromatic heterocycles. The van der Waals surface area contributed by atoms with E-state index < -0.39 is 8.80 Å². The zero-order valence-electron chi connectivity index (χ0n) is 18.7. The fourth-order valence-electron chi connectivity index (χ4n) is 4.61. The summed E-state index contributed by atoms with van der Waals surface area (Å²) in [5.74, 6) is 0. The molecule has 2 rings (SSSR count). The third-order valence-electron chi connectivity index (χ3n) is 5.95. The van der Waals surface area contributed by atoms with Crippen molar-refractivity contribution < 1.29 is 0 Å². The predicted molar refractivity (Wildman–Crippen MR) is 125 cm³/mol. The van der Waals surface area contributed by atoms with Gasteiger partial charge in [-0.3, -0.25) is 0 Å². The van der Waals surface area contributed by atoms with Gasteiger partial charge in [0.2, 0.25) is 0 Å². The summed E-state index contributed by atoms with van der Waals surface area (Å²) in [5, 5.41) is 1.66. The lowest BCUT2D eigenvalue weighted by Crippen LogP contribution is -2.29. The minimum atomic E-state index is -0.865. The first-order chi connectivity index (χ1) is 12.8. The van der Waals surface area contributed by atoms with E-state index in [4.69, 9.17) is 0 Å². The van der Waals surface area contributed by atoms with Crippen LogP contribution in [0, 0.1) is 13.8 Å². The van der Waals surface area contributed by atoms with Gasteiger partial charge in [-0.15, -0.1) is 0 Å². The first-order valence-electron chi connectivity index (χ1n) is 10.7. The maximum atomic E-state index is 4.12. The number of benzene rings is 1. The van der Waals surface area contributed by atoms with E-state index in [1.165, 1.54) is 54.4 Å². The van der Waals surface area contributed by atoms with Crippen molar-refractivity contribution in [1.82, 2.24) is 4.90 Å². The number of likely N-dealkylation sites (N-methyl/N-ethyl adjacent to an activating group) is 1. The van der Waals surface area contributed by atoms with Gasteiger partial charge in [0.1, 0.15) is 0 Å². The summed E-state index contributed by atoms with van der Waals surface area (Å²) in [6.45, 7) is 18.1. The van der Waals surface area contributed by atoms with Crippen molar-refractivity contribution in [2.75, 3.05) is 7.05 Å². The Morgan fingerprint density at radius 2 is 1.81 bits per heavy atom. The molecule has 0 saturated heterocycles. The molecule has 1 atom stereocenters. The van der Waals surface area contributed by atoms with Crippen LogP contribution in [0.2, 0.25) is 13.1 Å². The van der Waals surface area contributed by atoms with Crippen LogP contribution in [0.1, 0.15) is 74.2 Å². The number of nitrogens with zero attached hydrogens (tertiary/aromatic N) is 1. The van der Waals surface area contributed by atoms with E-state index in [9.17, 15) is 0 Å².